The van der Waals surface area contributed by atoms with Crippen LogP contribution in [0.1, 0.15) is 54.9 Å². The topological polar surface area (TPSA) is 315 Å². The number of aldehydes is 1. The Hall–Kier alpha value is -6.73. The van der Waals surface area contributed by atoms with Crippen LogP contribution in [0.4, 0.5) is 0 Å². The number of rotatable bonds is 11. The molecule has 18 nitrogen and oxygen atoms in total. The highest BCUT2D eigenvalue weighted by Gasteiger charge is 2.51. The number of aryl methyl sites for hydroxylation is 1. The van der Waals surface area contributed by atoms with Gasteiger partial charge in [-0.15, -0.1) is 0 Å². The zero-order valence-electron chi connectivity index (χ0n) is 32.8. The number of hydrogen-bond acceptors (Lipinski definition) is 17. The van der Waals surface area contributed by atoms with E-state index < -0.39 is 84.4 Å². The van der Waals surface area contributed by atoms with Crippen LogP contribution in [0.2, 0.25) is 0 Å². The van der Waals surface area contributed by atoms with Crippen molar-refractivity contribution in [2.24, 2.45) is 5.92 Å². The number of aromatic hydroxyl groups is 5. The number of aliphatic carboxylic acids is 1. The van der Waals surface area contributed by atoms with Crippen LogP contribution >= 0.6 is 0 Å². The first-order valence-electron chi connectivity index (χ1n) is 18.6. The molecule has 0 saturated heterocycles. The number of ether oxygens (including phenoxy) is 3. The lowest BCUT2D eigenvalue weighted by atomic mass is 9.76. The van der Waals surface area contributed by atoms with Crippen molar-refractivity contribution in [2.75, 3.05) is 0 Å². The molecule has 0 radical (unpaired) electrons. The van der Waals surface area contributed by atoms with E-state index in [1.165, 1.54) is 54.6 Å². The molecule has 0 heterocycles. The Morgan fingerprint density at radius 3 is 1.70 bits per heavy atom. The van der Waals surface area contributed by atoms with Crippen LogP contribution in [0.25, 0.3) is 18.2 Å². The Labute approximate surface area is 348 Å². The molecule has 2 aliphatic rings. The lowest BCUT2D eigenvalue weighted by Crippen LogP contribution is -2.57. The van der Waals surface area contributed by atoms with Crippen LogP contribution in [-0.4, -0.2) is 123 Å². The lowest BCUT2D eigenvalue weighted by molar-refractivity contribution is -0.196. The maximum atomic E-state index is 12.5. The zero-order valence-corrected chi connectivity index (χ0v) is 32.8. The average molecular weight is 851 g/mol. The molecule has 61 heavy (non-hydrogen) atoms. The number of aliphatic hydroxyl groups is 4. The molecule has 0 bridgehead atoms. The first-order chi connectivity index (χ1) is 28.6. The van der Waals surface area contributed by atoms with Crippen molar-refractivity contribution in [3.05, 3.63) is 95.1 Å². The highest BCUT2D eigenvalue weighted by atomic mass is 16.6. The molecule has 0 spiro atoms. The van der Waals surface area contributed by atoms with Crippen molar-refractivity contribution in [3.8, 4) is 28.7 Å². The van der Waals surface area contributed by atoms with Crippen LogP contribution in [0.3, 0.4) is 0 Å². The van der Waals surface area contributed by atoms with Gasteiger partial charge in [-0.3, -0.25) is 4.79 Å². The number of hydrogen-bond donors (Lipinski definition) is 10. The van der Waals surface area contributed by atoms with Crippen LogP contribution in [0.5, 0.6) is 28.7 Å². The summed E-state index contributed by atoms with van der Waals surface area (Å²) in [6.45, 7) is 3.37. The largest absolute Gasteiger partial charge is 0.508 e. The van der Waals surface area contributed by atoms with E-state index in [4.69, 9.17) is 19.3 Å². The SMILES string of the molecule is Cc1cc(/C=C/C(=O)O[C@]2(C=O)C[C@@H](C)[C@H](O)[C@H](OC(=O)/C=C/c3ccc(O)c(O)c3)C2)ccc1O.O=C(/C=C/c1cc(O)cc(O)c1)O[C@@H]1C[C@](O)(C(=O)O)C[C@@H](O)[C@H]1O. The van der Waals surface area contributed by atoms with Gasteiger partial charge in [0.05, 0.1) is 12.2 Å². The van der Waals surface area contributed by atoms with E-state index in [-0.39, 0.29) is 41.6 Å². The number of phenols is 5. The van der Waals surface area contributed by atoms with Crippen molar-refractivity contribution < 1.29 is 89.2 Å². The van der Waals surface area contributed by atoms with E-state index >= 15 is 0 Å². The van der Waals surface area contributed by atoms with Gasteiger partial charge in [0.15, 0.2) is 29.0 Å². The normalized spacial score (nSPS) is 26.3. The van der Waals surface area contributed by atoms with Gasteiger partial charge in [-0.2, -0.15) is 0 Å². The van der Waals surface area contributed by atoms with Crippen LogP contribution in [0, 0.1) is 12.8 Å². The van der Waals surface area contributed by atoms with Gasteiger partial charge < -0.3 is 65.3 Å². The van der Waals surface area contributed by atoms with Gasteiger partial charge in [-0.05, 0) is 96.1 Å². The molecule has 326 valence electrons. The highest BCUT2D eigenvalue weighted by molar-refractivity contribution is 5.90. The molecule has 5 rings (SSSR count). The molecule has 8 atom stereocenters. The molecule has 10 N–H and O–H groups in total. The van der Waals surface area contributed by atoms with Gasteiger partial charge in [0.2, 0.25) is 0 Å². The first kappa shape index (κ1) is 47.0. The van der Waals surface area contributed by atoms with Gasteiger partial charge in [0, 0.05) is 43.6 Å². The molecule has 2 fully saturated rings. The summed E-state index contributed by atoms with van der Waals surface area (Å²) < 4.78 is 15.8. The molecule has 18 heteroatoms. The molecular formula is C43H46O18. The summed E-state index contributed by atoms with van der Waals surface area (Å²) in [5.41, 5.74) is -1.92. The Morgan fingerprint density at radius 2 is 1.16 bits per heavy atom. The minimum absolute atomic E-state index is 0.0479. The molecule has 2 saturated carbocycles. The summed E-state index contributed by atoms with van der Waals surface area (Å²) in [4.78, 5) is 59.8. The van der Waals surface area contributed by atoms with Gasteiger partial charge in [-0.1, -0.05) is 19.1 Å². The Morgan fingerprint density at radius 1 is 0.639 bits per heavy atom. The van der Waals surface area contributed by atoms with E-state index in [1.807, 2.05) is 0 Å². The minimum Gasteiger partial charge on any atom is -0.508 e. The predicted molar refractivity (Wildman–Crippen MR) is 212 cm³/mol. The number of carbonyl (C=O) groups is 5. The summed E-state index contributed by atoms with van der Waals surface area (Å²) in [5, 5.41) is 96.2. The molecular weight excluding hydrogens is 804 g/mol. The third-order valence-corrected chi connectivity index (χ3v) is 9.87. The Balaban J connectivity index is 0.000000287. The second-order valence-corrected chi connectivity index (χ2v) is 14.8. The molecule has 3 aromatic rings. The predicted octanol–water partition coefficient (Wildman–Crippen LogP) is 2.38. The van der Waals surface area contributed by atoms with Crippen LogP contribution < -0.4 is 0 Å². The van der Waals surface area contributed by atoms with E-state index in [9.17, 15) is 69.9 Å². The van der Waals surface area contributed by atoms with Gasteiger partial charge in [-0.25, -0.2) is 19.2 Å². The van der Waals surface area contributed by atoms with E-state index in [2.05, 4.69) is 0 Å². The number of phenolic OH excluding ortho intramolecular Hbond substituents is 5. The number of esters is 3. The third-order valence-electron chi connectivity index (χ3n) is 9.87. The lowest BCUT2D eigenvalue weighted by Gasteiger charge is -2.41. The first-order valence-corrected chi connectivity index (χ1v) is 18.6. The monoisotopic (exact) mass is 850 g/mol. The third kappa shape index (κ3) is 12.9. The minimum atomic E-state index is -2.32. The zero-order chi connectivity index (χ0) is 45.2. The van der Waals surface area contributed by atoms with Crippen LogP contribution in [0.15, 0.2) is 72.8 Å². The maximum absolute atomic E-state index is 12.5. The number of carbonyl (C=O) groups excluding carboxylic acids is 4. The Kier molecular flexibility index (Phi) is 15.4. The van der Waals surface area contributed by atoms with Gasteiger partial charge >= 0.3 is 23.9 Å². The van der Waals surface area contributed by atoms with Gasteiger partial charge in [0.25, 0.3) is 0 Å². The fourth-order valence-corrected chi connectivity index (χ4v) is 6.67. The fraction of sp³-hybridized carbons (Fsp3) is 0.326. The summed E-state index contributed by atoms with van der Waals surface area (Å²) in [6.07, 6.45) is -0.349. The number of carboxylic acid groups (broad SMARTS) is 1. The molecule has 0 aliphatic heterocycles. The number of carboxylic acids is 1. The van der Waals surface area contributed by atoms with Crippen molar-refractivity contribution in [3.63, 3.8) is 0 Å². The van der Waals surface area contributed by atoms with Crippen molar-refractivity contribution >= 4 is 48.4 Å². The highest BCUT2D eigenvalue weighted by Crippen LogP contribution is 2.37. The standard InChI is InChI=1S/C27H28O9.C16H18O9/c1-16-11-18(3-7-20(16)29)6-10-25(33)36-27(15-28)13-17(2)26(34)23(14-27)35-24(32)9-5-19-4-8-21(30)22(31)12-19;17-9-3-8(4-10(18)5-9)1-2-13(20)25-12-7-16(24,15(22)23)6-11(19)14(12)21/h3-12,15,17,23,26,29-31,34H,13-14H2,1-2H3;1-5,11-12,14,17-19,21,24H,6-7H2,(H,22,23)/b9-5+,10-6+;2-1+/t17-,23-,26+,27-;11-,12-,14-,16+/m11/s1. The summed E-state index contributed by atoms with van der Waals surface area (Å²) >= 11 is 0. The quantitative estimate of drug-likeness (QED) is 0.0435. The molecule has 3 aromatic carbocycles. The summed E-state index contributed by atoms with van der Waals surface area (Å²) in [6, 6.07) is 12.4. The van der Waals surface area contributed by atoms with E-state index in [0.717, 1.165) is 24.3 Å². The Bertz CT molecular complexity index is 2170. The molecule has 0 aromatic heterocycles. The van der Waals surface area contributed by atoms with Crippen LogP contribution in [-0.2, 0) is 38.2 Å². The summed E-state index contributed by atoms with van der Waals surface area (Å²) in [7, 11) is 0. The molecule has 0 amide bonds. The molecule has 0 unspecified atom stereocenters. The second kappa shape index (κ2) is 20.0. The smallest absolute Gasteiger partial charge is 0.335 e. The van der Waals surface area contributed by atoms with Crippen molar-refractivity contribution in [1.29, 1.82) is 0 Å². The molecule has 2 aliphatic carbocycles. The number of aliphatic hydroxyl groups excluding tert-OH is 3. The van der Waals surface area contributed by atoms with E-state index in [1.54, 1.807) is 26.0 Å². The average Bonchev–Trinajstić information content (AvgIpc) is 3.18. The van der Waals surface area contributed by atoms with Gasteiger partial charge in [0.1, 0.15) is 35.6 Å². The van der Waals surface area contributed by atoms with Crippen molar-refractivity contribution in [1.82, 2.24) is 0 Å². The number of benzene rings is 3. The second-order valence-electron chi connectivity index (χ2n) is 14.8. The maximum Gasteiger partial charge on any atom is 0.335 e. The van der Waals surface area contributed by atoms with Crippen molar-refractivity contribution in [2.45, 2.75) is 81.3 Å². The fourth-order valence-electron chi connectivity index (χ4n) is 6.67. The van der Waals surface area contributed by atoms with E-state index in [0.29, 0.717) is 28.5 Å². The summed E-state index contributed by atoms with van der Waals surface area (Å²) in [5.74, 6) is -5.63.